The van der Waals surface area contributed by atoms with Crippen LogP contribution >= 0.6 is 0 Å². The number of nitrogen functional groups attached to an aromatic ring is 1. The summed E-state index contributed by atoms with van der Waals surface area (Å²) in [5.74, 6) is -0.120. The van der Waals surface area contributed by atoms with Crippen molar-refractivity contribution in [3.05, 3.63) is 59.7 Å². The van der Waals surface area contributed by atoms with E-state index in [1.807, 2.05) is 48.5 Å². The molecule has 1 heterocycles. The predicted octanol–water partition coefficient (Wildman–Crippen LogP) is 3.19. The molecule has 120 valence electrons. The minimum atomic E-state index is -0.120. The molecule has 23 heavy (non-hydrogen) atoms. The largest absolute Gasteiger partial charge is 0.398 e. The fourth-order valence-corrected chi connectivity index (χ4v) is 2.96. The Morgan fingerprint density at radius 3 is 2.52 bits per heavy atom. The Hall–Kier alpha value is -2.49. The Labute approximate surface area is 137 Å². The first-order valence-corrected chi connectivity index (χ1v) is 8.20. The van der Waals surface area contributed by atoms with Crippen LogP contribution in [0.15, 0.2) is 48.5 Å². The quantitative estimate of drug-likeness (QED) is 0.853. The zero-order chi connectivity index (χ0) is 16.1. The maximum atomic E-state index is 12.5. The lowest BCUT2D eigenvalue weighted by atomic mass is 10.1. The van der Waals surface area contributed by atoms with E-state index in [9.17, 15) is 4.79 Å². The summed E-state index contributed by atoms with van der Waals surface area (Å²) in [7, 11) is 0. The van der Waals surface area contributed by atoms with E-state index in [1.54, 1.807) is 0 Å². The molecule has 1 aliphatic heterocycles. The number of hydrogen-bond acceptors (Lipinski definition) is 3. The maximum Gasteiger partial charge on any atom is 0.253 e. The summed E-state index contributed by atoms with van der Waals surface area (Å²) in [5.41, 5.74) is 9.26. The van der Waals surface area contributed by atoms with Gasteiger partial charge in [0.15, 0.2) is 0 Å². The van der Waals surface area contributed by atoms with Crippen LogP contribution in [0.25, 0.3) is 0 Å². The third-order valence-corrected chi connectivity index (χ3v) is 4.30. The second-order valence-electron chi connectivity index (χ2n) is 5.99. The van der Waals surface area contributed by atoms with Gasteiger partial charge >= 0.3 is 0 Å². The van der Waals surface area contributed by atoms with Crippen LogP contribution in [0.3, 0.4) is 0 Å². The number of carbonyl (C=O) groups excluding carboxylic acids is 1. The number of nitrogens with two attached hydrogens (primary N) is 1. The molecule has 1 aliphatic rings. The first kappa shape index (κ1) is 15.4. The van der Waals surface area contributed by atoms with Crippen LogP contribution in [0.2, 0.25) is 0 Å². The van der Waals surface area contributed by atoms with Crippen LogP contribution < -0.4 is 16.0 Å². The van der Waals surface area contributed by atoms with E-state index in [1.165, 1.54) is 19.3 Å². The summed E-state index contributed by atoms with van der Waals surface area (Å²) in [6.45, 7) is 2.61. The van der Waals surface area contributed by atoms with Gasteiger partial charge in [0.25, 0.3) is 5.91 Å². The topological polar surface area (TPSA) is 58.4 Å². The van der Waals surface area contributed by atoms with Crippen LogP contribution in [0, 0.1) is 0 Å². The Morgan fingerprint density at radius 2 is 1.78 bits per heavy atom. The molecule has 0 aliphatic carbocycles. The minimum Gasteiger partial charge on any atom is -0.398 e. The van der Waals surface area contributed by atoms with Gasteiger partial charge in [-0.15, -0.1) is 0 Å². The Balaban J connectivity index is 1.71. The van der Waals surface area contributed by atoms with Crippen molar-refractivity contribution in [2.45, 2.75) is 25.8 Å². The smallest absolute Gasteiger partial charge is 0.253 e. The number of carbonyl (C=O) groups is 1. The van der Waals surface area contributed by atoms with Gasteiger partial charge in [0.05, 0.1) is 5.56 Å². The van der Waals surface area contributed by atoms with Gasteiger partial charge in [0, 0.05) is 31.0 Å². The molecule has 1 fully saturated rings. The molecule has 2 aromatic rings. The van der Waals surface area contributed by atoms with E-state index in [4.69, 9.17) is 5.73 Å². The van der Waals surface area contributed by atoms with E-state index < -0.39 is 0 Å². The van der Waals surface area contributed by atoms with Crippen LogP contribution in [-0.4, -0.2) is 19.0 Å². The van der Waals surface area contributed by atoms with Gasteiger partial charge < -0.3 is 16.0 Å². The predicted molar refractivity (Wildman–Crippen MR) is 94.5 cm³/mol. The second kappa shape index (κ2) is 7.18. The molecule has 0 saturated carbocycles. The number of amides is 1. The summed E-state index contributed by atoms with van der Waals surface area (Å²) < 4.78 is 0. The molecule has 1 saturated heterocycles. The van der Waals surface area contributed by atoms with E-state index in [-0.39, 0.29) is 5.91 Å². The maximum absolute atomic E-state index is 12.5. The molecule has 3 rings (SSSR count). The summed E-state index contributed by atoms with van der Waals surface area (Å²) in [5, 5.41) is 2.95. The molecular weight excluding hydrogens is 286 g/mol. The Morgan fingerprint density at radius 1 is 1.04 bits per heavy atom. The third-order valence-electron chi connectivity index (χ3n) is 4.30. The molecule has 4 heteroatoms. The van der Waals surface area contributed by atoms with Gasteiger partial charge in [0.2, 0.25) is 0 Å². The lowest BCUT2D eigenvalue weighted by Crippen LogP contribution is -2.30. The SMILES string of the molecule is Nc1ccc(N2CCCCC2)cc1C(=O)NCc1ccccc1. The van der Waals surface area contributed by atoms with Gasteiger partial charge in [0.1, 0.15) is 0 Å². The van der Waals surface area contributed by atoms with E-state index >= 15 is 0 Å². The van der Waals surface area contributed by atoms with E-state index in [0.29, 0.717) is 17.8 Å². The highest BCUT2D eigenvalue weighted by atomic mass is 16.1. The fourth-order valence-electron chi connectivity index (χ4n) is 2.96. The minimum absolute atomic E-state index is 0.120. The highest BCUT2D eigenvalue weighted by Gasteiger charge is 2.15. The van der Waals surface area contributed by atoms with Crippen LogP contribution in [0.1, 0.15) is 35.2 Å². The van der Waals surface area contributed by atoms with Gasteiger partial charge in [-0.05, 0) is 43.0 Å². The summed E-state index contributed by atoms with van der Waals surface area (Å²) in [4.78, 5) is 14.8. The zero-order valence-corrected chi connectivity index (χ0v) is 13.3. The van der Waals surface area contributed by atoms with Crippen molar-refractivity contribution in [1.29, 1.82) is 0 Å². The van der Waals surface area contributed by atoms with Crippen LogP contribution in [0.5, 0.6) is 0 Å². The molecule has 4 nitrogen and oxygen atoms in total. The van der Waals surface area contributed by atoms with Crippen molar-refractivity contribution >= 4 is 17.3 Å². The number of hydrogen-bond donors (Lipinski definition) is 2. The standard InChI is InChI=1S/C19H23N3O/c20-18-10-9-16(22-11-5-2-6-12-22)13-17(18)19(23)21-14-15-7-3-1-4-8-15/h1,3-4,7-10,13H,2,5-6,11-12,14,20H2,(H,21,23). The molecule has 0 atom stereocenters. The summed E-state index contributed by atoms with van der Waals surface area (Å²) in [6, 6.07) is 15.6. The molecule has 1 amide bonds. The van der Waals surface area contributed by atoms with Crippen molar-refractivity contribution < 1.29 is 4.79 Å². The van der Waals surface area contributed by atoms with E-state index in [2.05, 4.69) is 10.2 Å². The molecule has 0 aromatic heterocycles. The van der Waals surface area contributed by atoms with Crippen molar-refractivity contribution in [2.75, 3.05) is 23.7 Å². The highest BCUT2D eigenvalue weighted by Crippen LogP contribution is 2.24. The normalized spacial score (nSPS) is 14.5. The van der Waals surface area contributed by atoms with Gasteiger partial charge in [-0.2, -0.15) is 0 Å². The average Bonchev–Trinajstić information content (AvgIpc) is 2.62. The first-order chi connectivity index (χ1) is 11.2. The number of benzene rings is 2. The average molecular weight is 309 g/mol. The Bertz CT molecular complexity index is 664. The summed E-state index contributed by atoms with van der Waals surface area (Å²) in [6.07, 6.45) is 3.70. The molecule has 3 N–H and O–H groups in total. The van der Waals surface area contributed by atoms with Crippen molar-refractivity contribution in [3.63, 3.8) is 0 Å². The first-order valence-electron chi connectivity index (χ1n) is 8.20. The number of nitrogens with one attached hydrogen (secondary N) is 1. The monoisotopic (exact) mass is 309 g/mol. The molecular formula is C19H23N3O. The summed E-state index contributed by atoms with van der Waals surface area (Å²) >= 11 is 0. The number of rotatable bonds is 4. The third kappa shape index (κ3) is 3.83. The fraction of sp³-hybridized carbons (Fsp3) is 0.316. The van der Waals surface area contributed by atoms with Crippen molar-refractivity contribution in [3.8, 4) is 0 Å². The van der Waals surface area contributed by atoms with Gasteiger partial charge in [-0.1, -0.05) is 30.3 Å². The van der Waals surface area contributed by atoms with Crippen molar-refractivity contribution in [2.24, 2.45) is 0 Å². The number of piperidine rings is 1. The number of nitrogens with zero attached hydrogens (tertiary/aromatic N) is 1. The Kier molecular flexibility index (Phi) is 4.81. The second-order valence-corrected chi connectivity index (χ2v) is 5.99. The molecule has 0 spiro atoms. The molecule has 0 radical (unpaired) electrons. The van der Waals surface area contributed by atoms with Crippen molar-refractivity contribution in [1.82, 2.24) is 5.32 Å². The lowest BCUT2D eigenvalue weighted by molar-refractivity contribution is 0.0952. The van der Waals surface area contributed by atoms with Gasteiger partial charge in [-0.3, -0.25) is 4.79 Å². The number of anilines is 2. The highest BCUT2D eigenvalue weighted by molar-refractivity contribution is 6.00. The zero-order valence-electron chi connectivity index (χ0n) is 13.3. The lowest BCUT2D eigenvalue weighted by Gasteiger charge is -2.29. The molecule has 2 aromatic carbocycles. The van der Waals surface area contributed by atoms with Crippen LogP contribution in [0.4, 0.5) is 11.4 Å². The molecule has 0 unspecified atom stereocenters. The van der Waals surface area contributed by atoms with E-state index in [0.717, 1.165) is 24.3 Å². The molecule has 0 bridgehead atoms. The van der Waals surface area contributed by atoms with Crippen LogP contribution in [-0.2, 0) is 6.54 Å². The van der Waals surface area contributed by atoms with Gasteiger partial charge in [-0.25, -0.2) is 0 Å².